The Balaban J connectivity index is 0. The highest BCUT2D eigenvalue weighted by atomic mass is 31.2. The van der Waals surface area contributed by atoms with Crippen LogP contribution < -0.4 is 14.7 Å². The molecule has 0 saturated carbocycles. The molecule has 0 amide bonds. The van der Waals surface area contributed by atoms with Crippen LogP contribution >= 0.6 is 7.82 Å². The molecule has 0 spiro atoms. The van der Waals surface area contributed by atoms with Crippen molar-refractivity contribution in [3.63, 3.8) is 0 Å². The zero-order chi connectivity index (χ0) is 10.9. The van der Waals surface area contributed by atoms with Gasteiger partial charge in [-0.1, -0.05) is 0 Å². The van der Waals surface area contributed by atoms with Gasteiger partial charge < -0.3 is 34.4 Å². The first-order valence-corrected chi connectivity index (χ1v) is 4.90. The van der Waals surface area contributed by atoms with Gasteiger partial charge in [0, 0.05) is 13.1 Å². The summed E-state index contributed by atoms with van der Waals surface area (Å²) in [7, 11) is -3.54. The minimum absolute atomic E-state index is 0.163. The summed E-state index contributed by atoms with van der Waals surface area (Å²) in [6.07, 6.45) is 0. The number of nitrogens with zero attached hydrogens (tertiary/aromatic N) is 1. The smallest absolute Gasteiger partial charge is 0.0558 e. The average molecular weight is 214 g/mol. The van der Waals surface area contributed by atoms with Gasteiger partial charge in [-0.15, -0.1) is 0 Å². The van der Waals surface area contributed by atoms with E-state index in [9.17, 15) is 0 Å². The van der Waals surface area contributed by atoms with Crippen molar-refractivity contribution in [2.75, 3.05) is 33.4 Å². The number of hydrogen-bond donors (Lipinski definition) is 2. The van der Waals surface area contributed by atoms with Gasteiger partial charge in [0.2, 0.25) is 0 Å². The van der Waals surface area contributed by atoms with Gasteiger partial charge in [-0.25, -0.2) is 0 Å². The molecule has 2 N–H and O–H groups in total. The standard InChI is InChI=1S/C5H13NO2.H3O4P/c1-6(2-4-7)3-5-8;1-5(2,3)4/h7-8H,2-5H2,1H3;(H3,1,2,3,4)/p-3. The van der Waals surface area contributed by atoms with Crippen molar-refractivity contribution in [1.82, 2.24) is 4.90 Å². The molecule has 0 aliphatic rings. The third-order valence-electron chi connectivity index (χ3n) is 0.963. The molecule has 0 heterocycles. The van der Waals surface area contributed by atoms with Crippen LogP contribution in [-0.4, -0.2) is 48.5 Å². The predicted octanol–water partition coefficient (Wildman–Crippen LogP) is -3.92. The van der Waals surface area contributed by atoms with Crippen molar-refractivity contribution in [2.24, 2.45) is 0 Å². The molecule has 7 nitrogen and oxygen atoms in total. The molecule has 82 valence electrons. The van der Waals surface area contributed by atoms with Crippen molar-refractivity contribution in [3.05, 3.63) is 0 Å². The van der Waals surface area contributed by atoms with Crippen LogP contribution in [0.1, 0.15) is 0 Å². The van der Waals surface area contributed by atoms with Crippen LogP contribution in [-0.2, 0) is 4.57 Å². The number of phosphoric acid groups is 1. The largest absolute Gasteiger partial charge is 0.822 e. The van der Waals surface area contributed by atoms with Crippen LogP contribution in [0.3, 0.4) is 0 Å². The summed E-state index contributed by atoms with van der Waals surface area (Å²) in [5.74, 6) is 0. The van der Waals surface area contributed by atoms with E-state index in [4.69, 9.17) is 29.5 Å². The molecule has 13 heavy (non-hydrogen) atoms. The molecule has 0 aromatic rings. The number of likely N-dealkylation sites (N-methyl/N-ethyl adjacent to an activating group) is 1. The van der Waals surface area contributed by atoms with Gasteiger partial charge in [0.25, 0.3) is 0 Å². The Labute approximate surface area is 76.5 Å². The Kier molecular flexibility index (Phi) is 10.2. The van der Waals surface area contributed by atoms with Gasteiger partial charge >= 0.3 is 0 Å². The van der Waals surface area contributed by atoms with Crippen LogP contribution in [0.25, 0.3) is 0 Å². The Bertz CT molecular complexity index is 134. The molecule has 0 rings (SSSR count). The summed E-state index contributed by atoms with van der Waals surface area (Å²) in [6.45, 7) is 1.61. The molecule has 8 heteroatoms. The second-order valence-electron chi connectivity index (χ2n) is 2.20. The third kappa shape index (κ3) is 33.4. The zero-order valence-electron chi connectivity index (χ0n) is 7.25. The van der Waals surface area contributed by atoms with Crippen LogP contribution in [0.2, 0.25) is 0 Å². The Morgan fingerprint density at radius 2 is 1.38 bits per heavy atom. The maximum Gasteiger partial charge on any atom is 0.0558 e. The van der Waals surface area contributed by atoms with E-state index in [0.29, 0.717) is 13.1 Å². The summed E-state index contributed by atoms with van der Waals surface area (Å²) in [6, 6.07) is 0. The van der Waals surface area contributed by atoms with Gasteiger partial charge in [0.15, 0.2) is 0 Å². The molecule has 0 aliphatic carbocycles. The number of rotatable bonds is 4. The van der Waals surface area contributed by atoms with Crippen molar-refractivity contribution in [1.29, 1.82) is 0 Å². The molecule has 0 fully saturated rings. The normalized spacial score (nSPS) is 11.0. The molecule has 0 unspecified atom stereocenters. The van der Waals surface area contributed by atoms with E-state index in [0.717, 1.165) is 0 Å². The highest BCUT2D eigenvalue weighted by Gasteiger charge is 1.91. The van der Waals surface area contributed by atoms with Gasteiger partial charge in [-0.05, 0) is 7.05 Å². The lowest BCUT2D eigenvalue weighted by molar-refractivity contribution is -0.432. The van der Waals surface area contributed by atoms with Crippen LogP contribution in [0.15, 0.2) is 0 Å². The van der Waals surface area contributed by atoms with Crippen LogP contribution in [0, 0.1) is 0 Å². The van der Waals surface area contributed by atoms with E-state index in [-0.39, 0.29) is 13.2 Å². The van der Waals surface area contributed by atoms with Crippen LogP contribution in [0.5, 0.6) is 0 Å². The maximum atomic E-state index is 8.55. The molecule has 0 bridgehead atoms. The monoisotopic (exact) mass is 214 g/mol. The fraction of sp³-hybridized carbons (Fsp3) is 1.00. The van der Waals surface area contributed by atoms with E-state index in [1.54, 1.807) is 0 Å². The third-order valence-corrected chi connectivity index (χ3v) is 0.963. The zero-order valence-corrected chi connectivity index (χ0v) is 8.14. The second kappa shape index (κ2) is 8.58. The summed E-state index contributed by atoms with van der Waals surface area (Å²) in [5, 5.41) is 16.7. The topological polar surface area (TPSA) is 130 Å². The molecular formula is C5H13NO6P-3. The molecule has 0 saturated heterocycles. The predicted molar refractivity (Wildman–Crippen MR) is 39.3 cm³/mol. The van der Waals surface area contributed by atoms with E-state index < -0.39 is 7.82 Å². The van der Waals surface area contributed by atoms with Crippen molar-refractivity contribution >= 4 is 7.82 Å². The van der Waals surface area contributed by atoms with Gasteiger partial charge in [0.05, 0.1) is 13.2 Å². The quantitative estimate of drug-likeness (QED) is 0.457. The molecule has 0 atom stereocenters. The van der Waals surface area contributed by atoms with E-state index in [1.165, 1.54) is 0 Å². The fourth-order valence-electron chi connectivity index (χ4n) is 0.453. The lowest BCUT2D eigenvalue weighted by Gasteiger charge is -2.36. The Hall–Kier alpha value is -0.0100. The highest BCUT2D eigenvalue weighted by molar-refractivity contribution is 7.40. The highest BCUT2D eigenvalue weighted by Crippen LogP contribution is 2.03. The maximum absolute atomic E-state index is 8.55. The second-order valence-corrected chi connectivity index (χ2v) is 3.09. The summed E-state index contributed by atoms with van der Waals surface area (Å²) < 4.78 is 8.55. The number of aliphatic hydroxyl groups excluding tert-OH is 2. The first-order valence-electron chi connectivity index (χ1n) is 3.44. The number of aliphatic hydroxyl groups is 2. The summed E-state index contributed by atoms with van der Waals surface area (Å²) >= 11 is 0. The summed E-state index contributed by atoms with van der Waals surface area (Å²) in [5.41, 5.74) is 0. The van der Waals surface area contributed by atoms with E-state index >= 15 is 0 Å². The molecule has 0 aromatic heterocycles. The first-order chi connectivity index (χ1) is 5.81. The molecule has 0 aliphatic heterocycles. The SMILES string of the molecule is CN(CCO)CCO.O=P([O-])([O-])[O-]. The Morgan fingerprint density at radius 3 is 1.54 bits per heavy atom. The van der Waals surface area contributed by atoms with Crippen molar-refractivity contribution in [2.45, 2.75) is 0 Å². The van der Waals surface area contributed by atoms with E-state index in [1.807, 2.05) is 11.9 Å². The molecule has 0 radical (unpaired) electrons. The lowest BCUT2D eigenvalue weighted by atomic mass is 10.5. The van der Waals surface area contributed by atoms with E-state index in [2.05, 4.69) is 0 Å². The first kappa shape index (κ1) is 15.5. The minimum Gasteiger partial charge on any atom is -0.822 e. The van der Waals surface area contributed by atoms with Crippen LogP contribution in [0.4, 0.5) is 0 Å². The fourth-order valence-corrected chi connectivity index (χ4v) is 0.453. The van der Waals surface area contributed by atoms with Gasteiger partial charge in [-0.3, -0.25) is 0 Å². The van der Waals surface area contributed by atoms with Gasteiger partial charge in [-0.2, -0.15) is 7.82 Å². The average Bonchev–Trinajstić information content (AvgIpc) is 1.84. The lowest BCUT2D eigenvalue weighted by Crippen LogP contribution is -2.25. The minimum atomic E-state index is -5.39. The summed E-state index contributed by atoms with van der Waals surface area (Å²) in [4.78, 5) is 27.5. The van der Waals surface area contributed by atoms with Crippen molar-refractivity contribution < 1.29 is 29.5 Å². The number of hydrogen-bond acceptors (Lipinski definition) is 7. The Morgan fingerprint density at radius 1 is 1.15 bits per heavy atom. The molecular weight excluding hydrogens is 201 g/mol. The van der Waals surface area contributed by atoms with Gasteiger partial charge in [0.1, 0.15) is 0 Å². The molecule has 0 aromatic carbocycles. The van der Waals surface area contributed by atoms with Crippen molar-refractivity contribution in [3.8, 4) is 0 Å².